The summed E-state index contributed by atoms with van der Waals surface area (Å²) in [6.07, 6.45) is 2.47. The summed E-state index contributed by atoms with van der Waals surface area (Å²) in [4.78, 5) is 11.9. The van der Waals surface area contributed by atoms with Crippen LogP contribution in [0.15, 0.2) is 36.0 Å². The van der Waals surface area contributed by atoms with Gasteiger partial charge in [-0.05, 0) is 30.0 Å². The fourth-order valence-electron chi connectivity index (χ4n) is 1.72. The van der Waals surface area contributed by atoms with Gasteiger partial charge in [-0.25, -0.2) is 0 Å². The topological polar surface area (TPSA) is 74.1 Å². The van der Waals surface area contributed by atoms with Crippen LogP contribution in [0, 0.1) is 17.2 Å². The maximum absolute atomic E-state index is 11.9. The molecule has 0 aliphatic rings. The first kappa shape index (κ1) is 17.6. The summed E-state index contributed by atoms with van der Waals surface area (Å²) in [5.74, 6) is 0.965. The van der Waals surface area contributed by atoms with E-state index in [1.165, 1.54) is 6.20 Å². The number of nitrogens with one attached hydrogen (secondary N) is 2. The van der Waals surface area contributed by atoms with Crippen LogP contribution < -0.4 is 15.4 Å². The zero-order chi connectivity index (χ0) is 16.4. The molecule has 0 spiro atoms. The van der Waals surface area contributed by atoms with Crippen LogP contribution in [0.25, 0.3) is 0 Å². The number of carbonyl (C=O) groups excluding carboxylic acids is 1. The number of hydrogen-bond acceptors (Lipinski definition) is 4. The lowest BCUT2D eigenvalue weighted by Crippen LogP contribution is -2.25. The molecule has 1 rings (SSSR count). The summed E-state index contributed by atoms with van der Waals surface area (Å²) >= 11 is 0. The van der Waals surface area contributed by atoms with E-state index in [1.807, 2.05) is 30.3 Å². The van der Waals surface area contributed by atoms with Crippen molar-refractivity contribution in [2.45, 2.75) is 26.8 Å². The molecule has 0 radical (unpaired) electrons. The van der Waals surface area contributed by atoms with E-state index in [0.717, 1.165) is 24.3 Å². The molecule has 118 valence electrons. The highest BCUT2D eigenvalue weighted by atomic mass is 16.5. The molecule has 5 heteroatoms. The largest absolute Gasteiger partial charge is 0.497 e. The first-order valence-electron chi connectivity index (χ1n) is 7.31. The van der Waals surface area contributed by atoms with Crippen LogP contribution in [0.4, 0.5) is 0 Å². The summed E-state index contributed by atoms with van der Waals surface area (Å²) in [6, 6.07) is 9.31. The molecule has 0 aliphatic heterocycles. The predicted octanol–water partition coefficient (Wildman–Crippen LogP) is 2.35. The Hall–Kier alpha value is -2.48. The minimum absolute atomic E-state index is 0.0808. The van der Waals surface area contributed by atoms with Gasteiger partial charge < -0.3 is 15.4 Å². The highest BCUT2D eigenvalue weighted by molar-refractivity contribution is 5.97. The molecule has 5 nitrogen and oxygen atoms in total. The van der Waals surface area contributed by atoms with Gasteiger partial charge in [-0.15, -0.1) is 0 Å². The molecular weight excluding hydrogens is 278 g/mol. The number of amides is 1. The van der Waals surface area contributed by atoms with Gasteiger partial charge in [0.1, 0.15) is 17.4 Å². The normalized spacial score (nSPS) is 11.0. The van der Waals surface area contributed by atoms with Crippen molar-refractivity contribution < 1.29 is 9.53 Å². The van der Waals surface area contributed by atoms with E-state index in [4.69, 9.17) is 10.00 Å². The molecule has 1 aromatic carbocycles. The lowest BCUT2D eigenvalue weighted by molar-refractivity contribution is -0.117. The number of benzene rings is 1. The zero-order valence-electron chi connectivity index (χ0n) is 13.3. The second kappa shape index (κ2) is 9.46. The average molecular weight is 301 g/mol. The quantitative estimate of drug-likeness (QED) is 0.439. The number of ether oxygens (including phenoxy) is 1. The van der Waals surface area contributed by atoms with Gasteiger partial charge in [0.2, 0.25) is 0 Å². The van der Waals surface area contributed by atoms with Gasteiger partial charge in [0, 0.05) is 19.3 Å². The molecule has 0 saturated carbocycles. The maximum atomic E-state index is 11.9. The summed E-state index contributed by atoms with van der Waals surface area (Å²) in [6.45, 7) is 5.36. The van der Waals surface area contributed by atoms with E-state index in [-0.39, 0.29) is 11.5 Å². The number of methoxy groups -OCH3 is 1. The van der Waals surface area contributed by atoms with Crippen molar-refractivity contribution in [2.75, 3.05) is 13.7 Å². The molecule has 0 fully saturated rings. The van der Waals surface area contributed by atoms with Gasteiger partial charge in [0.15, 0.2) is 0 Å². The van der Waals surface area contributed by atoms with E-state index in [9.17, 15) is 4.79 Å². The Bertz CT molecular complexity index is 542. The highest BCUT2D eigenvalue weighted by Gasteiger charge is 2.08. The second-order valence-corrected chi connectivity index (χ2v) is 5.34. The van der Waals surface area contributed by atoms with Crippen molar-refractivity contribution in [2.24, 2.45) is 5.92 Å². The summed E-state index contributed by atoms with van der Waals surface area (Å²) < 4.78 is 5.07. The molecule has 0 aliphatic carbocycles. The smallest absolute Gasteiger partial charge is 0.263 e. The SMILES string of the molecule is COc1ccc(CNC(=O)/C(C#N)=C\NCCC(C)C)cc1. The lowest BCUT2D eigenvalue weighted by Gasteiger charge is -2.07. The number of nitriles is 1. The van der Waals surface area contributed by atoms with Gasteiger partial charge in [-0.3, -0.25) is 4.79 Å². The van der Waals surface area contributed by atoms with Crippen LogP contribution in [0.1, 0.15) is 25.8 Å². The molecule has 0 atom stereocenters. The molecular formula is C17H23N3O2. The predicted molar refractivity (Wildman–Crippen MR) is 86.0 cm³/mol. The summed E-state index contributed by atoms with van der Waals surface area (Å²) in [5.41, 5.74) is 1.02. The molecule has 0 aromatic heterocycles. The fourth-order valence-corrected chi connectivity index (χ4v) is 1.72. The van der Waals surface area contributed by atoms with E-state index < -0.39 is 0 Å². The minimum atomic E-state index is -0.379. The maximum Gasteiger partial charge on any atom is 0.263 e. The molecule has 22 heavy (non-hydrogen) atoms. The third kappa shape index (κ3) is 6.31. The Morgan fingerprint density at radius 1 is 1.36 bits per heavy atom. The average Bonchev–Trinajstić information content (AvgIpc) is 2.53. The minimum Gasteiger partial charge on any atom is -0.497 e. The van der Waals surface area contributed by atoms with Gasteiger partial charge >= 0.3 is 0 Å². The van der Waals surface area contributed by atoms with Crippen LogP contribution in [-0.2, 0) is 11.3 Å². The van der Waals surface area contributed by atoms with E-state index in [2.05, 4.69) is 24.5 Å². The first-order chi connectivity index (χ1) is 10.6. The number of carbonyl (C=O) groups is 1. The molecule has 0 bridgehead atoms. The first-order valence-corrected chi connectivity index (χ1v) is 7.31. The molecule has 0 unspecified atom stereocenters. The second-order valence-electron chi connectivity index (χ2n) is 5.34. The summed E-state index contributed by atoms with van der Waals surface area (Å²) in [5, 5.41) is 14.8. The van der Waals surface area contributed by atoms with Crippen molar-refractivity contribution in [3.05, 3.63) is 41.6 Å². The monoisotopic (exact) mass is 301 g/mol. The van der Waals surface area contributed by atoms with Crippen LogP contribution in [0.5, 0.6) is 5.75 Å². The Balaban J connectivity index is 2.47. The number of rotatable bonds is 8. The number of nitrogens with zero attached hydrogens (tertiary/aromatic N) is 1. The van der Waals surface area contributed by atoms with Crippen molar-refractivity contribution in [3.63, 3.8) is 0 Å². The van der Waals surface area contributed by atoms with Crippen LogP contribution in [0.2, 0.25) is 0 Å². The summed E-state index contributed by atoms with van der Waals surface area (Å²) in [7, 11) is 1.60. The van der Waals surface area contributed by atoms with Crippen LogP contribution >= 0.6 is 0 Å². The van der Waals surface area contributed by atoms with Crippen molar-refractivity contribution in [3.8, 4) is 11.8 Å². The molecule has 2 N–H and O–H groups in total. The molecule has 0 heterocycles. The number of hydrogen-bond donors (Lipinski definition) is 2. The van der Waals surface area contributed by atoms with Gasteiger partial charge in [-0.2, -0.15) is 5.26 Å². The Kier molecular flexibility index (Phi) is 7.55. The van der Waals surface area contributed by atoms with Crippen molar-refractivity contribution in [1.82, 2.24) is 10.6 Å². The standard InChI is InChI=1S/C17H23N3O2/c1-13(2)8-9-19-12-15(10-18)17(21)20-11-14-4-6-16(22-3)7-5-14/h4-7,12-13,19H,8-9,11H2,1-3H3,(H,20,21)/b15-12-. The van der Waals surface area contributed by atoms with Crippen LogP contribution in [0.3, 0.4) is 0 Å². The van der Waals surface area contributed by atoms with E-state index >= 15 is 0 Å². The third-order valence-electron chi connectivity index (χ3n) is 3.09. The van der Waals surface area contributed by atoms with Gasteiger partial charge in [0.25, 0.3) is 5.91 Å². The highest BCUT2D eigenvalue weighted by Crippen LogP contribution is 2.11. The Morgan fingerprint density at radius 2 is 2.05 bits per heavy atom. The molecule has 0 saturated heterocycles. The molecule has 1 aromatic rings. The van der Waals surface area contributed by atoms with Crippen molar-refractivity contribution >= 4 is 5.91 Å². The van der Waals surface area contributed by atoms with Crippen molar-refractivity contribution in [1.29, 1.82) is 5.26 Å². The Labute approximate surface area is 132 Å². The zero-order valence-corrected chi connectivity index (χ0v) is 13.3. The van der Waals surface area contributed by atoms with Gasteiger partial charge in [-0.1, -0.05) is 26.0 Å². The molecule has 1 amide bonds. The van der Waals surface area contributed by atoms with Crippen LogP contribution in [-0.4, -0.2) is 19.6 Å². The Morgan fingerprint density at radius 3 is 2.59 bits per heavy atom. The third-order valence-corrected chi connectivity index (χ3v) is 3.09. The van der Waals surface area contributed by atoms with E-state index in [0.29, 0.717) is 12.5 Å². The van der Waals surface area contributed by atoms with E-state index in [1.54, 1.807) is 7.11 Å². The van der Waals surface area contributed by atoms with Gasteiger partial charge in [0.05, 0.1) is 7.11 Å². The fraction of sp³-hybridized carbons (Fsp3) is 0.412. The lowest BCUT2D eigenvalue weighted by atomic mass is 10.1.